The van der Waals surface area contributed by atoms with E-state index in [9.17, 15) is 0 Å². The number of rotatable bonds is 8. The van der Waals surface area contributed by atoms with Crippen LogP contribution in [0.25, 0.3) is 0 Å². The van der Waals surface area contributed by atoms with Gasteiger partial charge in [-0.3, -0.25) is 0 Å². The van der Waals surface area contributed by atoms with Gasteiger partial charge in [-0.05, 0) is 0 Å². The van der Waals surface area contributed by atoms with Crippen molar-refractivity contribution in [1.29, 1.82) is 0 Å². The van der Waals surface area contributed by atoms with Gasteiger partial charge in [-0.25, -0.2) is 0 Å². The molecule has 0 aromatic heterocycles. The molecule has 0 saturated carbocycles. The average Bonchev–Trinajstić information content (AvgIpc) is 2.03. The molecular weight excluding hydrogens is 236 g/mol. The molecule has 0 aliphatic carbocycles. The summed E-state index contributed by atoms with van der Waals surface area (Å²) in [7, 11) is -1.74. The summed E-state index contributed by atoms with van der Waals surface area (Å²) in [6, 6.07) is 0. The molecule has 0 spiro atoms. The van der Waals surface area contributed by atoms with E-state index in [0.29, 0.717) is 0 Å². The molecule has 0 aromatic rings. The largest absolute Gasteiger partial charge is 0.420 e. The summed E-state index contributed by atoms with van der Waals surface area (Å²) in [5.74, 6) is 0. The van der Waals surface area contributed by atoms with Crippen molar-refractivity contribution in [3.8, 4) is 0 Å². The summed E-state index contributed by atoms with van der Waals surface area (Å²) in [4.78, 5) is 16.3. The molecule has 0 amide bonds. The lowest BCUT2D eigenvalue weighted by molar-refractivity contribution is 0.371. The fourth-order valence-electron chi connectivity index (χ4n) is 0.134. The van der Waals surface area contributed by atoms with Gasteiger partial charge in [-0.2, -0.15) is 0 Å². The summed E-state index contributed by atoms with van der Waals surface area (Å²) in [5.41, 5.74) is 0. The molecule has 0 fully saturated rings. The van der Waals surface area contributed by atoms with E-state index in [1.165, 1.54) is 0 Å². The van der Waals surface area contributed by atoms with Crippen LogP contribution in [0.15, 0.2) is 0 Å². The quantitative estimate of drug-likeness (QED) is 0.341. The lowest BCUT2D eigenvalue weighted by Gasteiger charge is -1.97. The van der Waals surface area contributed by atoms with E-state index in [1.807, 2.05) is 0 Å². The van der Waals surface area contributed by atoms with Crippen LogP contribution in [0.3, 0.4) is 0 Å². The SMILES string of the molecule is O[Si]O[Si]O[Si]O[Si]O[Si]O. The molecule has 11 heteroatoms. The Morgan fingerprint density at radius 2 is 1.00 bits per heavy atom. The maximum absolute atomic E-state index is 8.15. The molecule has 0 aromatic carbocycles. The van der Waals surface area contributed by atoms with Crippen LogP contribution < -0.4 is 0 Å². The third-order valence-corrected chi connectivity index (χ3v) is 3.07. The molecular formula is H2O6Si5. The van der Waals surface area contributed by atoms with Gasteiger partial charge < -0.3 is 26.1 Å². The molecule has 0 rings (SSSR count). The molecule has 0 atom stereocenters. The zero-order chi connectivity index (χ0) is 8.36. The molecule has 0 saturated heterocycles. The second-order valence-electron chi connectivity index (χ2n) is 0.841. The van der Waals surface area contributed by atoms with Gasteiger partial charge in [-0.15, -0.1) is 0 Å². The number of hydrogen-bond acceptors (Lipinski definition) is 6. The van der Waals surface area contributed by atoms with Gasteiger partial charge in [-0.1, -0.05) is 0 Å². The topological polar surface area (TPSA) is 77.4 Å². The van der Waals surface area contributed by atoms with Gasteiger partial charge in [0, 0.05) is 0 Å². The van der Waals surface area contributed by atoms with E-state index >= 15 is 0 Å². The average molecular weight is 238 g/mol. The van der Waals surface area contributed by atoms with Crippen LogP contribution in [0.4, 0.5) is 0 Å². The van der Waals surface area contributed by atoms with Crippen molar-refractivity contribution in [1.82, 2.24) is 0 Å². The highest BCUT2D eigenvalue weighted by Crippen LogP contribution is 1.72. The predicted molar refractivity (Wildman–Crippen MR) is 37.5 cm³/mol. The summed E-state index contributed by atoms with van der Waals surface area (Å²) in [5, 5.41) is 0. The maximum atomic E-state index is 8.15. The molecule has 0 aliphatic rings. The van der Waals surface area contributed by atoms with Crippen molar-refractivity contribution in [2.45, 2.75) is 0 Å². The first-order chi connectivity index (χ1) is 5.41. The molecule has 2 N–H and O–H groups in total. The monoisotopic (exact) mass is 238 g/mol. The molecule has 0 bridgehead atoms. The van der Waals surface area contributed by atoms with Gasteiger partial charge in [0.25, 0.3) is 0 Å². The third kappa shape index (κ3) is 10.8. The Labute approximate surface area is 76.5 Å². The standard InChI is InChI=1S/H2O6Si5/c1-7-3-9-5-11-6-10-4-8-2/h1-2H. The first-order valence-electron chi connectivity index (χ1n) is 2.08. The van der Waals surface area contributed by atoms with Crippen molar-refractivity contribution in [2.75, 3.05) is 0 Å². The van der Waals surface area contributed by atoms with E-state index < -0.39 is 20.0 Å². The molecule has 0 unspecified atom stereocenters. The zero-order valence-corrected chi connectivity index (χ0v) is 10.0. The normalized spacial score (nSPS) is 10.4. The van der Waals surface area contributed by atoms with Gasteiger partial charge in [0.1, 0.15) is 0 Å². The Balaban J connectivity index is 2.69. The fourth-order valence-corrected chi connectivity index (χ4v) is 2.33. The first kappa shape index (κ1) is 11.8. The maximum Gasteiger partial charge on any atom is 0.420 e. The van der Waals surface area contributed by atoms with Crippen LogP contribution in [0.5, 0.6) is 0 Å². The van der Waals surface area contributed by atoms with E-state index in [2.05, 4.69) is 8.23 Å². The highest BCUT2D eigenvalue weighted by atomic mass is 28.4. The minimum absolute atomic E-state index is 0.187. The molecule has 58 valence electrons. The summed E-state index contributed by atoms with van der Waals surface area (Å²) in [6.07, 6.45) is 0. The summed E-state index contributed by atoms with van der Waals surface area (Å²) < 4.78 is 18.4. The van der Waals surface area contributed by atoms with E-state index in [4.69, 9.17) is 17.8 Å². The Kier molecular flexibility index (Phi) is 11.7. The van der Waals surface area contributed by atoms with Crippen molar-refractivity contribution in [3.05, 3.63) is 0 Å². The molecule has 10 radical (unpaired) electrons. The lowest BCUT2D eigenvalue weighted by Crippen LogP contribution is -2.17. The lowest BCUT2D eigenvalue weighted by atomic mass is 15.7. The second-order valence-corrected chi connectivity index (χ2v) is 4.97. The van der Waals surface area contributed by atoms with E-state index in [1.54, 1.807) is 0 Å². The van der Waals surface area contributed by atoms with Gasteiger partial charge >= 0.3 is 50.0 Å². The second kappa shape index (κ2) is 10.8. The van der Waals surface area contributed by atoms with E-state index in [0.717, 1.165) is 0 Å². The van der Waals surface area contributed by atoms with Crippen LogP contribution in [-0.4, -0.2) is 59.6 Å². The van der Waals surface area contributed by atoms with Crippen molar-refractivity contribution in [2.24, 2.45) is 0 Å². The van der Waals surface area contributed by atoms with Crippen LogP contribution in [0.1, 0.15) is 0 Å². The highest BCUT2D eigenvalue weighted by molar-refractivity contribution is 6.45. The molecule has 0 aliphatic heterocycles. The Morgan fingerprint density at radius 1 is 0.636 bits per heavy atom. The summed E-state index contributed by atoms with van der Waals surface area (Å²) in [6.45, 7) is 0. The predicted octanol–water partition coefficient (Wildman–Crippen LogP) is -3.29. The van der Waals surface area contributed by atoms with Crippen molar-refractivity contribution >= 4 is 50.0 Å². The Morgan fingerprint density at radius 3 is 1.36 bits per heavy atom. The third-order valence-electron chi connectivity index (χ3n) is 0.341. The van der Waals surface area contributed by atoms with Crippen molar-refractivity contribution in [3.63, 3.8) is 0 Å². The van der Waals surface area contributed by atoms with E-state index in [-0.39, 0.29) is 30.0 Å². The summed E-state index contributed by atoms with van der Waals surface area (Å²) >= 11 is 0. The smallest absolute Gasteiger partial charge is 0.412 e. The first-order valence-corrected chi connectivity index (χ1v) is 6.24. The van der Waals surface area contributed by atoms with Gasteiger partial charge in [0.15, 0.2) is 0 Å². The highest BCUT2D eigenvalue weighted by Gasteiger charge is 1.98. The van der Waals surface area contributed by atoms with Crippen LogP contribution in [0.2, 0.25) is 0 Å². The molecule has 11 heavy (non-hydrogen) atoms. The molecule has 0 heterocycles. The number of hydrogen-bond donors (Lipinski definition) is 2. The Bertz CT molecular complexity index is 60.0. The Hall–Kier alpha value is 0.844. The van der Waals surface area contributed by atoms with Gasteiger partial charge in [0.05, 0.1) is 0 Å². The minimum atomic E-state index is -0.561. The van der Waals surface area contributed by atoms with Crippen molar-refractivity contribution < 1.29 is 26.1 Å². The molecule has 6 nitrogen and oxygen atoms in total. The van der Waals surface area contributed by atoms with Gasteiger partial charge in [0.2, 0.25) is 0 Å². The van der Waals surface area contributed by atoms with Crippen LogP contribution >= 0.6 is 0 Å². The van der Waals surface area contributed by atoms with Crippen LogP contribution in [0, 0.1) is 0 Å². The zero-order valence-electron chi connectivity index (χ0n) is 5.03. The minimum Gasteiger partial charge on any atom is -0.412 e. The fraction of sp³-hybridized carbons (Fsp3) is 0. The van der Waals surface area contributed by atoms with Crippen LogP contribution in [-0.2, 0) is 16.5 Å².